The average molecular weight is 316 g/mol. The second kappa shape index (κ2) is 6.54. The van der Waals surface area contributed by atoms with Gasteiger partial charge in [0.1, 0.15) is 4.90 Å². The zero-order chi connectivity index (χ0) is 15.5. The highest BCUT2D eigenvalue weighted by Crippen LogP contribution is 2.28. The summed E-state index contributed by atoms with van der Waals surface area (Å²) in [5.41, 5.74) is 0.129. The summed E-state index contributed by atoms with van der Waals surface area (Å²) in [5, 5.41) is 14.0. The summed E-state index contributed by atoms with van der Waals surface area (Å²) in [6.45, 7) is 3.14. The number of sulfonamides is 1. The Hall–Kier alpha value is -1.45. The Kier molecular flexibility index (Phi) is 4.96. The van der Waals surface area contributed by atoms with E-state index in [0.29, 0.717) is 37.8 Å². The molecule has 0 aromatic carbocycles. The number of nitrogens with one attached hydrogen (secondary N) is 2. The van der Waals surface area contributed by atoms with E-state index in [1.165, 1.54) is 12.8 Å². The van der Waals surface area contributed by atoms with Crippen molar-refractivity contribution in [3.8, 4) is 0 Å². The minimum absolute atomic E-state index is 0.198. The molecule has 0 saturated heterocycles. The number of hydrogen-bond donors (Lipinski definition) is 3. The quantitative estimate of drug-likeness (QED) is 0.571. The molecule has 0 spiro atoms. The molecular formula is C12H20N4O4S. The predicted molar refractivity (Wildman–Crippen MR) is 75.2 cm³/mol. The van der Waals surface area contributed by atoms with Gasteiger partial charge in [-0.2, -0.15) is 5.10 Å². The molecule has 1 aliphatic carbocycles. The molecule has 4 N–H and O–H groups in total. The summed E-state index contributed by atoms with van der Waals surface area (Å²) in [6.07, 6.45) is 2.80. The van der Waals surface area contributed by atoms with Crippen LogP contribution in [0.15, 0.2) is 4.90 Å². The minimum Gasteiger partial charge on any atom is -0.379 e. The van der Waals surface area contributed by atoms with Crippen molar-refractivity contribution in [3.05, 3.63) is 11.4 Å². The third kappa shape index (κ3) is 4.26. The molecule has 0 radical (unpaired) electrons. The Morgan fingerprint density at radius 1 is 1.52 bits per heavy atom. The van der Waals surface area contributed by atoms with Gasteiger partial charge in [-0.25, -0.2) is 13.6 Å². The van der Waals surface area contributed by atoms with E-state index in [1.807, 2.05) is 0 Å². The van der Waals surface area contributed by atoms with Crippen molar-refractivity contribution in [1.29, 1.82) is 0 Å². The highest BCUT2D eigenvalue weighted by atomic mass is 32.2. The lowest BCUT2D eigenvalue weighted by molar-refractivity contribution is 0.0899. The van der Waals surface area contributed by atoms with Crippen molar-refractivity contribution in [2.45, 2.75) is 31.1 Å². The number of amides is 1. The van der Waals surface area contributed by atoms with Gasteiger partial charge in [0.2, 0.25) is 10.0 Å². The fraction of sp³-hybridized carbons (Fsp3) is 0.667. The highest BCUT2D eigenvalue weighted by Gasteiger charge is 2.26. The molecule has 0 bridgehead atoms. The summed E-state index contributed by atoms with van der Waals surface area (Å²) in [6, 6.07) is 0. The molecule has 0 aliphatic heterocycles. The Morgan fingerprint density at radius 3 is 2.81 bits per heavy atom. The Balaban J connectivity index is 1.93. The van der Waals surface area contributed by atoms with Crippen LogP contribution in [0.2, 0.25) is 0 Å². The molecule has 0 unspecified atom stereocenters. The first-order chi connectivity index (χ1) is 9.93. The predicted octanol–water partition coefficient (Wildman–Crippen LogP) is -0.224. The summed E-state index contributed by atoms with van der Waals surface area (Å²) >= 11 is 0. The second-order valence-corrected chi connectivity index (χ2v) is 6.55. The molecule has 9 heteroatoms. The lowest BCUT2D eigenvalue weighted by Crippen LogP contribution is -2.29. The van der Waals surface area contributed by atoms with Crippen LogP contribution in [0.4, 0.5) is 0 Å². The van der Waals surface area contributed by atoms with Crippen molar-refractivity contribution < 1.29 is 17.9 Å². The van der Waals surface area contributed by atoms with Gasteiger partial charge in [0.15, 0.2) is 5.69 Å². The number of aryl methyl sites for hydroxylation is 1. The number of nitrogens with zero attached hydrogens (tertiary/aromatic N) is 1. The van der Waals surface area contributed by atoms with E-state index >= 15 is 0 Å². The van der Waals surface area contributed by atoms with Crippen LogP contribution in [0.1, 0.15) is 35.9 Å². The largest absolute Gasteiger partial charge is 0.379 e. The molecule has 1 aliphatic rings. The van der Waals surface area contributed by atoms with Crippen LogP contribution in [-0.4, -0.2) is 44.3 Å². The van der Waals surface area contributed by atoms with Crippen LogP contribution in [-0.2, 0) is 21.2 Å². The minimum atomic E-state index is -4.00. The van der Waals surface area contributed by atoms with Gasteiger partial charge in [-0.05, 0) is 25.2 Å². The van der Waals surface area contributed by atoms with Crippen molar-refractivity contribution in [3.63, 3.8) is 0 Å². The first kappa shape index (κ1) is 15.9. The standard InChI is InChI=1S/C12H20N4O4S/c1-2-9-11(21(13,18)19)10(16-15-9)12(17)14-5-6-20-7-8-3-4-8/h8H,2-7H2,1H3,(H,14,17)(H,15,16)(H2,13,18,19). The number of nitrogens with two attached hydrogens (primary N) is 1. The van der Waals surface area contributed by atoms with E-state index in [-0.39, 0.29) is 10.6 Å². The second-order valence-electron chi connectivity index (χ2n) is 5.05. The Labute approximate surface area is 123 Å². The van der Waals surface area contributed by atoms with E-state index in [9.17, 15) is 13.2 Å². The van der Waals surface area contributed by atoms with Gasteiger partial charge in [0, 0.05) is 13.2 Å². The van der Waals surface area contributed by atoms with Crippen LogP contribution in [0.3, 0.4) is 0 Å². The Morgan fingerprint density at radius 2 is 2.24 bits per heavy atom. The number of primary sulfonamides is 1. The molecule has 1 amide bonds. The fourth-order valence-electron chi connectivity index (χ4n) is 1.92. The van der Waals surface area contributed by atoms with Crippen molar-refractivity contribution in [2.24, 2.45) is 11.1 Å². The number of aromatic nitrogens is 2. The maximum Gasteiger partial charge on any atom is 0.273 e. The molecule has 1 heterocycles. The number of aromatic amines is 1. The normalized spacial score (nSPS) is 15.1. The van der Waals surface area contributed by atoms with Crippen LogP contribution in [0, 0.1) is 5.92 Å². The fourth-order valence-corrected chi connectivity index (χ4v) is 2.86. The zero-order valence-electron chi connectivity index (χ0n) is 11.9. The third-order valence-electron chi connectivity index (χ3n) is 3.23. The van der Waals surface area contributed by atoms with E-state index in [2.05, 4.69) is 15.5 Å². The molecule has 21 heavy (non-hydrogen) atoms. The van der Waals surface area contributed by atoms with E-state index in [0.717, 1.165) is 0 Å². The van der Waals surface area contributed by atoms with E-state index in [1.54, 1.807) is 6.92 Å². The van der Waals surface area contributed by atoms with Crippen LogP contribution < -0.4 is 10.5 Å². The molecule has 1 aromatic heterocycles. The Bertz CT molecular complexity index is 607. The highest BCUT2D eigenvalue weighted by molar-refractivity contribution is 7.89. The number of carbonyl (C=O) groups is 1. The lowest BCUT2D eigenvalue weighted by atomic mass is 10.3. The number of rotatable bonds is 8. The van der Waals surface area contributed by atoms with Crippen molar-refractivity contribution in [1.82, 2.24) is 15.5 Å². The van der Waals surface area contributed by atoms with Crippen LogP contribution in [0.5, 0.6) is 0 Å². The van der Waals surface area contributed by atoms with Gasteiger partial charge in [0.25, 0.3) is 5.91 Å². The number of ether oxygens (including phenoxy) is 1. The number of H-pyrrole nitrogens is 1. The summed E-state index contributed by atoms with van der Waals surface area (Å²) in [5.74, 6) is 0.0816. The van der Waals surface area contributed by atoms with Gasteiger partial charge in [0.05, 0.1) is 12.3 Å². The summed E-state index contributed by atoms with van der Waals surface area (Å²) < 4.78 is 28.5. The maximum atomic E-state index is 12.0. The molecular weight excluding hydrogens is 296 g/mol. The van der Waals surface area contributed by atoms with Crippen LogP contribution >= 0.6 is 0 Å². The molecule has 1 aromatic rings. The van der Waals surface area contributed by atoms with E-state index in [4.69, 9.17) is 9.88 Å². The van der Waals surface area contributed by atoms with Gasteiger partial charge in [-0.15, -0.1) is 0 Å². The first-order valence-electron chi connectivity index (χ1n) is 6.89. The molecule has 2 rings (SSSR count). The van der Waals surface area contributed by atoms with Gasteiger partial charge in [-0.1, -0.05) is 6.92 Å². The molecule has 1 saturated carbocycles. The third-order valence-corrected chi connectivity index (χ3v) is 4.24. The zero-order valence-corrected chi connectivity index (χ0v) is 12.7. The SMILES string of the molecule is CCc1[nH]nc(C(=O)NCCOCC2CC2)c1S(N)(=O)=O. The topological polar surface area (TPSA) is 127 Å². The maximum absolute atomic E-state index is 12.0. The molecule has 118 valence electrons. The average Bonchev–Trinajstić information content (AvgIpc) is 3.12. The first-order valence-corrected chi connectivity index (χ1v) is 8.44. The summed E-state index contributed by atoms with van der Waals surface area (Å²) in [4.78, 5) is 11.7. The molecule has 0 atom stereocenters. The lowest BCUT2D eigenvalue weighted by Gasteiger charge is -2.06. The summed E-state index contributed by atoms with van der Waals surface area (Å²) in [7, 11) is -4.00. The van der Waals surface area contributed by atoms with Crippen molar-refractivity contribution >= 4 is 15.9 Å². The van der Waals surface area contributed by atoms with Gasteiger partial charge in [-0.3, -0.25) is 9.89 Å². The monoisotopic (exact) mass is 316 g/mol. The number of carbonyl (C=O) groups excluding carboxylic acids is 1. The molecule has 8 nitrogen and oxygen atoms in total. The van der Waals surface area contributed by atoms with Gasteiger partial charge < -0.3 is 10.1 Å². The number of hydrogen-bond acceptors (Lipinski definition) is 5. The van der Waals surface area contributed by atoms with Gasteiger partial charge >= 0.3 is 0 Å². The van der Waals surface area contributed by atoms with Crippen molar-refractivity contribution in [2.75, 3.05) is 19.8 Å². The molecule has 1 fully saturated rings. The van der Waals surface area contributed by atoms with E-state index < -0.39 is 15.9 Å². The smallest absolute Gasteiger partial charge is 0.273 e. The van der Waals surface area contributed by atoms with Crippen LogP contribution in [0.25, 0.3) is 0 Å².